The lowest BCUT2D eigenvalue weighted by Crippen LogP contribution is -2.30. The first-order valence-electron chi connectivity index (χ1n) is 11.2. The molecule has 3 aromatic rings. The maximum atomic E-state index is 12.8. The molecule has 1 amide bonds. The van der Waals surface area contributed by atoms with E-state index in [2.05, 4.69) is 34.7 Å². The lowest BCUT2D eigenvalue weighted by atomic mass is 10.0. The molecule has 3 rings (SSSR count). The quantitative estimate of drug-likeness (QED) is 0.193. The van der Waals surface area contributed by atoms with Crippen molar-refractivity contribution in [2.24, 2.45) is 0 Å². The Balaban J connectivity index is 1.69. The van der Waals surface area contributed by atoms with Gasteiger partial charge in [0.15, 0.2) is 0 Å². The van der Waals surface area contributed by atoms with Gasteiger partial charge in [-0.2, -0.15) is 0 Å². The zero-order chi connectivity index (χ0) is 24.7. The van der Waals surface area contributed by atoms with Crippen LogP contribution in [0.2, 0.25) is 0 Å². The van der Waals surface area contributed by atoms with E-state index in [4.69, 9.17) is 5.73 Å². The average molecular weight is 467 g/mol. The van der Waals surface area contributed by atoms with Crippen LogP contribution in [0.3, 0.4) is 0 Å². The van der Waals surface area contributed by atoms with Crippen molar-refractivity contribution in [3.63, 3.8) is 0 Å². The molecule has 2 heterocycles. The molecule has 1 atom stereocenters. The molecule has 0 aliphatic rings. The predicted octanol–water partition coefficient (Wildman–Crippen LogP) is 3.22. The van der Waals surface area contributed by atoms with Crippen LogP contribution in [0, 0.1) is 10.1 Å². The van der Waals surface area contributed by atoms with Gasteiger partial charge >= 0.3 is 5.69 Å². The normalized spacial score (nSPS) is 11.7. The van der Waals surface area contributed by atoms with Gasteiger partial charge in [0.25, 0.3) is 5.91 Å². The Morgan fingerprint density at radius 1 is 1.24 bits per heavy atom. The smallest absolute Gasteiger partial charge is 0.311 e. The molecule has 10 nitrogen and oxygen atoms in total. The number of nitrogens with two attached hydrogens (primary N) is 1. The first kappa shape index (κ1) is 24.7. The minimum atomic E-state index is -0.633. The summed E-state index contributed by atoms with van der Waals surface area (Å²) in [5, 5.41) is 26.3. The summed E-state index contributed by atoms with van der Waals surface area (Å²) in [5.74, 6) is 0.0930. The maximum absolute atomic E-state index is 12.8. The number of carbonyl (C=O) groups is 1. The van der Waals surface area contributed by atoms with Crippen LogP contribution >= 0.6 is 0 Å². The molecular formula is C24H30N6O4. The fourth-order valence-electron chi connectivity index (χ4n) is 3.50. The van der Waals surface area contributed by atoms with Crippen molar-refractivity contribution in [3.05, 3.63) is 70.0 Å². The number of nitrogen functional groups attached to an aromatic ring is 1. The van der Waals surface area contributed by atoms with E-state index >= 15 is 0 Å². The Morgan fingerprint density at radius 2 is 1.97 bits per heavy atom. The molecular weight excluding hydrogens is 436 g/mol. The second-order valence-corrected chi connectivity index (χ2v) is 8.07. The van der Waals surface area contributed by atoms with Crippen molar-refractivity contribution in [1.29, 1.82) is 0 Å². The Labute approximate surface area is 198 Å². The number of hydrogen-bond donors (Lipinski definition) is 4. The lowest BCUT2D eigenvalue weighted by molar-refractivity contribution is -0.384. The first-order valence-corrected chi connectivity index (χ1v) is 11.2. The topological polar surface area (TPSA) is 148 Å². The van der Waals surface area contributed by atoms with Gasteiger partial charge in [-0.15, -0.1) is 0 Å². The van der Waals surface area contributed by atoms with Crippen molar-refractivity contribution < 1.29 is 14.8 Å². The number of amides is 1. The molecule has 0 spiro atoms. The van der Waals surface area contributed by atoms with Gasteiger partial charge in [0, 0.05) is 43.7 Å². The van der Waals surface area contributed by atoms with Crippen molar-refractivity contribution >= 4 is 23.2 Å². The van der Waals surface area contributed by atoms with Crippen LogP contribution in [0.15, 0.2) is 48.8 Å². The molecule has 0 saturated heterocycles. The van der Waals surface area contributed by atoms with Gasteiger partial charge in [0.2, 0.25) is 5.82 Å². The number of benzene rings is 1. The zero-order valence-corrected chi connectivity index (χ0v) is 19.3. The van der Waals surface area contributed by atoms with Crippen LogP contribution in [0.5, 0.6) is 0 Å². The van der Waals surface area contributed by atoms with Crippen LogP contribution < -0.4 is 16.4 Å². The van der Waals surface area contributed by atoms with Crippen molar-refractivity contribution in [2.45, 2.75) is 39.3 Å². The molecule has 0 bridgehead atoms. The summed E-state index contributed by atoms with van der Waals surface area (Å²) in [6.45, 7) is 5.09. The van der Waals surface area contributed by atoms with Gasteiger partial charge in [-0.1, -0.05) is 31.2 Å². The fourth-order valence-corrected chi connectivity index (χ4v) is 3.50. The minimum absolute atomic E-state index is 0.132. The highest BCUT2D eigenvalue weighted by molar-refractivity contribution is 6.00. The van der Waals surface area contributed by atoms with E-state index in [9.17, 15) is 20.0 Å². The first-order chi connectivity index (χ1) is 16.3. The van der Waals surface area contributed by atoms with Gasteiger partial charge < -0.3 is 26.0 Å². The molecule has 5 N–H and O–H groups in total. The monoisotopic (exact) mass is 466 g/mol. The maximum Gasteiger partial charge on any atom is 0.311 e. The fraction of sp³-hybridized carbons (Fsp3) is 0.333. The molecule has 1 aromatic carbocycles. The number of pyridine rings is 1. The van der Waals surface area contributed by atoms with E-state index < -0.39 is 11.0 Å². The highest BCUT2D eigenvalue weighted by atomic mass is 16.6. The van der Waals surface area contributed by atoms with E-state index in [1.54, 1.807) is 6.92 Å². The molecule has 34 heavy (non-hydrogen) atoms. The summed E-state index contributed by atoms with van der Waals surface area (Å²) in [5.41, 5.74) is 8.94. The molecule has 180 valence electrons. The number of nitrogens with one attached hydrogen (secondary N) is 2. The molecule has 0 unspecified atom stereocenters. The number of nitrogens with zero attached hydrogens (tertiary/aromatic N) is 3. The number of aryl methyl sites for hydroxylation is 2. The third-order valence-corrected chi connectivity index (χ3v) is 5.35. The van der Waals surface area contributed by atoms with Crippen LogP contribution in [-0.2, 0) is 13.0 Å². The third-order valence-electron chi connectivity index (χ3n) is 5.35. The summed E-state index contributed by atoms with van der Waals surface area (Å²) in [4.78, 5) is 27.1. The summed E-state index contributed by atoms with van der Waals surface area (Å²) in [6, 6.07) is 11.0. The van der Waals surface area contributed by atoms with Gasteiger partial charge in [0.1, 0.15) is 5.82 Å². The summed E-state index contributed by atoms with van der Waals surface area (Å²) < 4.78 is 1.96. The number of aromatic nitrogens is 2. The second kappa shape index (κ2) is 11.3. The number of nitro groups is 1. The number of carbonyl (C=O) groups excluding carboxylic acids is 1. The van der Waals surface area contributed by atoms with E-state index in [0.717, 1.165) is 24.0 Å². The molecule has 2 aromatic heterocycles. The number of rotatable bonds is 11. The number of aliphatic hydroxyl groups excluding tert-OH is 1. The average Bonchev–Trinajstić information content (AvgIpc) is 3.24. The molecule has 0 saturated carbocycles. The second-order valence-electron chi connectivity index (χ2n) is 8.07. The van der Waals surface area contributed by atoms with E-state index in [-0.39, 0.29) is 24.0 Å². The van der Waals surface area contributed by atoms with Crippen molar-refractivity contribution in [3.8, 4) is 11.1 Å². The molecule has 0 aliphatic carbocycles. The van der Waals surface area contributed by atoms with Gasteiger partial charge in [-0.3, -0.25) is 14.9 Å². The summed E-state index contributed by atoms with van der Waals surface area (Å²) >= 11 is 0. The van der Waals surface area contributed by atoms with Crippen molar-refractivity contribution in [2.75, 3.05) is 24.1 Å². The summed E-state index contributed by atoms with van der Waals surface area (Å²) in [6.07, 6.45) is 4.77. The number of hydrogen-bond acceptors (Lipinski definition) is 7. The highest BCUT2D eigenvalue weighted by Gasteiger charge is 2.17. The third kappa shape index (κ3) is 6.32. The number of aliphatic hydroxyl groups is 1. The van der Waals surface area contributed by atoms with Crippen LogP contribution in [-0.4, -0.2) is 44.7 Å². The van der Waals surface area contributed by atoms with Crippen LogP contribution in [0.25, 0.3) is 11.1 Å². The van der Waals surface area contributed by atoms with Gasteiger partial charge in [-0.25, -0.2) is 4.98 Å². The molecule has 0 radical (unpaired) electrons. The Bertz CT molecular complexity index is 1140. The summed E-state index contributed by atoms with van der Waals surface area (Å²) in [7, 11) is 0. The molecule has 10 heteroatoms. The predicted molar refractivity (Wildman–Crippen MR) is 132 cm³/mol. The van der Waals surface area contributed by atoms with Crippen molar-refractivity contribution in [1.82, 2.24) is 14.9 Å². The van der Waals surface area contributed by atoms with E-state index in [1.807, 2.05) is 29.1 Å². The Morgan fingerprint density at radius 3 is 2.59 bits per heavy atom. The Hall–Kier alpha value is -3.92. The molecule has 0 fully saturated rings. The van der Waals surface area contributed by atoms with Gasteiger partial charge in [0.05, 0.1) is 16.6 Å². The standard InChI is InChI=1S/C24H30N6O4/c1-3-17-5-7-18(8-6-17)19-14-29(15-20(19)24(32)27-13-16(2)31)12-4-11-26-22-10-9-21(30(33)34)23(25)28-22/h5-10,14-16,31H,3-4,11-13H2,1-2H3,(H,27,32)(H3,25,26,28)/t16-/m1/s1. The molecule has 0 aliphatic heterocycles. The van der Waals surface area contributed by atoms with Crippen LogP contribution in [0.1, 0.15) is 36.2 Å². The SMILES string of the molecule is CCc1ccc(-c2cn(CCCNc3ccc([N+](=O)[O-])c(N)n3)cc2C(=O)NC[C@@H](C)O)cc1. The number of anilines is 2. The van der Waals surface area contributed by atoms with Gasteiger partial charge in [-0.05, 0) is 37.0 Å². The van der Waals surface area contributed by atoms with Crippen LogP contribution in [0.4, 0.5) is 17.3 Å². The zero-order valence-electron chi connectivity index (χ0n) is 19.3. The largest absolute Gasteiger partial charge is 0.392 e. The highest BCUT2D eigenvalue weighted by Crippen LogP contribution is 2.26. The van der Waals surface area contributed by atoms with E-state index in [1.165, 1.54) is 17.7 Å². The lowest BCUT2D eigenvalue weighted by Gasteiger charge is -2.08. The minimum Gasteiger partial charge on any atom is -0.392 e. The van der Waals surface area contributed by atoms with E-state index in [0.29, 0.717) is 24.5 Å². The Kier molecular flexibility index (Phi) is 8.20.